The Morgan fingerprint density at radius 3 is 2.00 bits per heavy atom. The maximum absolute atomic E-state index is 11.2. The minimum atomic E-state index is 0.0947. The van der Waals surface area contributed by atoms with Crippen molar-refractivity contribution in [1.29, 1.82) is 0 Å². The molecule has 0 fully saturated rings. The van der Waals surface area contributed by atoms with Crippen LogP contribution in [0.4, 0.5) is 0 Å². The molecule has 0 N–H and O–H groups in total. The number of carbonyl (C=O) groups excluding carboxylic acids is 1. The fourth-order valence-corrected chi connectivity index (χ4v) is 1.58. The first kappa shape index (κ1) is 11.8. The van der Waals surface area contributed by atoms with Crippen molar-refractivity contribution in [2.75, 3.05) is 0 Å². The summed E-state index contributed by atoms with van der Waals surface area (Å²) in [6.45, 7) is 9.51. The highest BCUT2D eigenvalue weighted by molar-refractivity contribution is 5.94. The Bertz CT molecular complexity index is 355. The number of aryl methyl sites for hydroxylation is 2. The third-order valence-electron chi connectivity index (χ3n) is 2.22. The average Bonchev–Trinajstić information content (AvgIpc) is 2.10. The second-order valence-corrected chi connectivity index (χ2v) is 4.16. The minimum absolute atomic E-state index is 0.0947. The summed E-state index contributed by atoms with van der Waals surface area (Å²) in [5.41, 5.74) is 2.80. The molecule has 0 saturated carbocycles. The molecule has 0 heterocycles. The van der Waals surface area contributed by atoms with E-state index in [0.29, 0.717) is 0 Å². The topological polar surface area (TPSA) is 26.3 Å². The van der Waals surface area contributed by atoms with Crippen LogP contribution < -0.4 is 4.74 Å². The van der Waals surface area contributed by atoms with Gasteiger partial charge in [0.25, 0.3) is 0 Å². The van der Waals surface area contributed by atoms with Crippen LogP contribution in [0.2, 0.25) is 0 Å². The van der Waals surface area contributed by atoms with E-state index < -0.39 is 0 Å². The van der Waals surface area contributed by atoms with E-state index in [9.17, 15) is 4.79 Å². The lowest BCUT2D eigenvalue weighted by Gasteiger charge is -2.15. The molecule has 0 aliphatic rings. The molecule has 82 valence electrons. The maximum Gasteiger partial charge on any atom is 0.159 e. The Hall–Kier alpha value is -1.31. The second-order valence-electron chi connectivity index (χ2n) is 4.16. The van der Waals surface area contributed by atoms with Crippen LogP contribution in [0.3, 0.4) is 0 Å². The van der Waals surface area contributed by atoms with E-state index in [1.807, 2.05) is 39.8 Å². The van der Waals surface area contributed by atoms with E-state index in [4.69, 9.17) is 4.74 Å². The molecule has 0 radical (unpaired) electrons. The van der Waals surface area contributed by atoms with Crippen LogP contribution in [0.25, 0.3) is 0 Å². The van der Waals surface area contributed by atoms with Crippen LogP contribution in [0.5, 0.6) is 5.75 Å². The lowest BCUT2D eigenvalue weighted by Crippen LogP contribution is -2.08. The molecule has 0 amide bonds. The summed E-state index contributed by atoms with van der Waals surface area (Å²) in [7, 11) is 0. The van der Waals surface area contributed by atoms with Crippen molar-refractivity contribution in [1.82, 2.24) is 0 Å². The lowest BCUT2D eigenvalue weighted by molar-refractivity contribution is 0.101. The molecule has 1 rings (SSSR count). The van der Waals surface area contributed by atoms with Crippen molar-refractivity contribution in [3.8, 4) is 5.75 Å². The van der Waals surface area contributed by atoms with Gasteiger partial charge in [-0.05, 0) is 57.9 Å². The van der Waals surface area contributed by atoms with Crippen molar-refractivity contribution in [3.05, 3.63) is 28.8 Å². The summed E-state index contributed by atoms with van der Waals surface area (Å²) < 4.78 is 5.70. The summed E-state index contributed by atoms with van der Waals surface area (Å²) in [5, 5.41) is 0. The molecule has 0 unspecified atom stereocenters. The van der Waals surface area contributed by atoms with E-state index in [2.05, 4.69) is 0 Å². The van der Waals surface area contributed by atoms with E-state index in [-0.39, 0.29) is 11.9 Å². The Morgan fingerprint density at radius 2 is 1.67 bits per heavy atom. The molecule has 0 atom stereocenters. The Balaban J connectivity index is 3.15. The first-order valence-electron chi connectivity index (χ1n) is 5.20. The van der Waals surface area contributed by atoms with Crippen LogP contribution in [-0.2, 0) is 0 Å². The van der Waals surface area contributed by atoms with Gasteiger partial charge in [0.15, 0.2) is 5.78 Å². The predicted molar refractivity (Wildman–Crippen MR) is 61.7 cm³/mol. The predicted octanol–water partition coefficient (Wildman–Crippen LogP) is 3.29. The van der Waals surface area contributed by atoms with Crippen molar-refractivity contribution in [2.24, 2.45) is 0 Å². The lowest BCUT2D eigenvalue weighted by atomic mass is 10.0. The van der Waals surface area contributed by atoms with Crippen LogP contribution in [0, 0.1) is 13.8 Å². The molecular formula is C13H18O2. The maximum atomic E-state index is 11.2. The second kappa shape index (κ2) is 4.47. The fraction of sp³-hybridized carbons (Fsp3) is 0.462. The number of hydrogen-bond donors (Lipinski definition) is 0. The largest absolute Gasteiger partial charge is 0.490 e. The zero-order chi connectivity index (χ0) is 11.6. The number of carbonyl (C=O) groups is 1. The Morgan fingerprint density at radius 1 is 1.20 bits per heavy atom. The highest BCUT2D eigenvalue weighted by Crippen LogP contribution is 2.25. The molecule has 0 bridgehead atoms. The molecule has 1 aromatic rings. The van der Waals surface area contributed by atoms with Crippen molar-refractivity contribution >= 4 is 5.78 Å². The van der Waals surface area contributed by atoms with Crippen LogP contribution in [0.1, 0.15) is 42.3 Å². The van der Waals surface area contributed by atoms with Crippen LogP contribution >= 0.6 is 0 Å². The standard InChI is InChI=1S/C13H18O2/c1-8(2)15-13-9(3)6-12(11(5)14)7-10(13)4/h6-8H,1-5H3. The normalized spacial score (nSPS) is 10.5. The monoisotopic (exact) mass is 206 g/mol. The molecule has 15 heavy (non-hydrogen) atoms. The summed E-state index contributed by atoms with van der Waals surface area (Å²) in [6, 6.07) is 3.76. The SMILES string of the molecule is CC(=O)c1cc(C)c(OC(C)C)c(C)c1. The highest BCUT2D eigenvalue weighted by atomic mass is 16.5. The number of ether oxygens (including phenoxy) is 1. The van der Waals surface area contributed by atoms with E-state index in [1.165, 1.54) is 0 Å². The van der Waals surface area contributed by atoms with Crippen molar-refractivity contribution in [3.63, 3.8) is 0 Å². The van der Waals surface area contributed by atoms with Crippen LogP contribution in [0.15, 0.2) is 12.1 Å². The molecule has 0 aliphatic carbocycles. The molecule has 0 aromatic heterocycles. The Kier molecular flexibility index (Phi) is 3.51. The average molecular weight is 206 g/mol. The number of ketones is 1. The first-order chi connectivity index (χ1) is 6.91. The third kappa shape index (κ3) is 2.82. The van der Waals surface area contributed by atoms with Gasteiger partial charge in [0.1, 0.15) is 5.75 Å². The zero-order valence-electron chi connectivity index (χ0n) is 10.0. The zero-order valence-corrected chi connectivity index (χ0v) is 10.0. The van der Waals surface area contributed by atoms with Crippen molar-refractivity contribution in [2.45, 2.75) is 40.7 Å². The smallest absolute Gasteiger partial charge is 0.159 e. The molecule has 0 spiro atoms. The van der Waals surface area contributed by atoms with E-state index in [1.54, 1.807) is 6.92 Å². The molecule has 0 aliphatic heterocycles. The summed E-state index contributed by atoms with van der Waals surface area (Å²) >= 11 is 0. The summed E-state index contributed by atoms with van der Waals surface area (Å²) in [5.74, 6) is 0.993. The molecule has 0 saturated heterocycles. The van der Waals surface area contributed by atoms with E-state index in [0.717, 1.165) is 22.4 Å². The van der Waals surface area contributed by atoms with Gasteiger partial charge in [0, 0.05) is 5.56 Å². The minimum Gasteiger partial charge on any atom is -0.490 e. The van der Waals surface area contributed by atoms with Gasteiger partial charge < -0.3 is 4.74 Å². The molecule has 1 aromatic carbocycles. The number of benzene rings is 1. The van der Waals surface area contributed by atoms with Gasteiger partial charge >= 0.3 is 0 Å². The van der Waals surface area contributed by atoms with Gasteiger partial charge in [-0.3, -0.25) is 4.79 Å². The number of Topliss-reactive ketones (excluding diaryl/α,β-unsaturated/α-hetero) is 1. The van der Waals surface area contributed by atoms with Gasteiger partial charge in [-0.1, -0.05) is 0 Å². The highest BCUT2D eigenvalue weighted by Gasteiger charge is 2.09. The fourth-order valence-electron chi connectivity index (χ4n) is 1.58. The van der Waals surface area contributed by atoms with Gasteiger partial charge in [-0.2, -0.15) is 0 Å². The molecule has 2 heteroatoms. The number of hydrogen-bond acceptors (Lipinski definition) is 2. The number of rotatable bonds is 3. The van der Waals surface area contributed by atoms with E-state index >= 15 is 0 Å². The Labute approximate surface area is 91.3 Å². The molecular weight excluding hydrogens is 188 g/mol. The van der Waals surface area contributed by atoms with Crippen LogP contribution in [-0.4, -0.2) is 11.9 Å². The van der Waals surface area contributed by atoms with Crippen molar-refractivity contribution < 1.29 is 9.53 Å². The first-order valence-corrected chi connectivity index (χ1v) is 5.20. The third-order valence-corrected chi connectivity index (χ3v) is 2.22. The van der Waals surface area contributed by atoms with Gasteiger partial charge in [-0.15, -0.1) is 0 Å². The molecule has 2 nitrogen and oxygen atoms in total. The van der Waals surface area contributed by atoms with Gasteiger partial charge in [0.2, 0.25) is 0 Å². The quantitative estimate of drug-likeness (QED) is 0.709. The van der Waals surface area contributed by atoms with Gasteiger partial charge in [-0.25, -0.2) is 0 Å². The van der Waals surface area contributed by atoms with Gasteiger partial charge in [0.05, 0.1) is 6.10 Å². The summed E-state index contributed by atoms with van der Waals surface area (Å²) in [4.78, 5) is 11.2. The summed E-state index contributed by atoms with van der Waals surface area (Å²) in [6.07, 6.45) is 0.158.